The summed E-state index contributed by atoms with van der Waals surface area (Å²) in [6.45, 7) is 4.08. The minimum atomic E-state index is -0.334. The van der Waals surface area contributed by atoms with Crippen LogP contribution in [0.15, 0.2) is 18.2 Å². The number of esters is 1. The van der Waals surface area contributed by atoms with Gasteiger partial charge in [0.25, 0.3) is 0 Å². The highest BCUT2D eigenvalue weighted by Crippen LogP contribution is 2.35. The standard InChI is InChI=1S/C14H20N2O4/c1-5-16(9-13(18)19-3)12-8-6-7-11(14(12)20-4)15-10(2)17/h6-8H,5,9H2,1-4H3,(H,15,17). The molecule has 0 fully saturated rings. The van der Waals surface area contributed by atoms with Gasteiger partial charge in [-0.3, -0.25) is 9.59 Å². The molecule has 0 heterocycles. The number of likely N-dealkylation sites (N-methyl/N-ethyl adjacent to an activating group) is 1. The van der Waals surface area contributed by atoms with Crippen molar-refractivity contribution in [2.75, 3.05) is 37.5 Å². The highest BCUT2D eigenvalue weighted by Gasteiger charge is 2.17. The van der Waals surface area contributed by atoms with Crippen molar-refractivity contribution < 1.29 is 19.1 Å². The van der Waals surface area contributed by atoms with Crippen molar-refractivity contribution in [3.8, 4) is 5.75 Å². The smallest absolute Gasteiger partial charge is 0.325 e. The summed E-state index contributed by atoms with van der Waals surface area (Å²) >= 11 is 0. The maximum Gasteiger partial charge on any atom is 0.325 e. The molecule has 6 nitrogen and oxygen atoms in total. The summed E-state index contributed by atoms with van der Waals surface area (Å²) in [6, 6.07) is 5.37. The van der Waals surface area contributed by atoms with E-state index in [1.54, 1.807) is 12.1 Å². The number of hydrogen-bond donors (Lipinski definition) is 1. The van der Waals surface area contributed by atoms with Crippen LogP contribution in [0.2, 0.25) is 0 Å². The van der Waals surface area contributed by atoms with Crippen LogP contribution in [-0.4, -0.2) is 39.2 Å². The summed E-state index contributed by atoms with van der Waals surface area (Å²) in [7, 11) is 2.87. The number of nitrogens with one attached hydrogen (secondary N) is 1. The zero-order valence-electron chi connectivity index (χ0n) is 12.2. The lowest BCUT2D eigenvalue weighted by Gasteiger charge is -2.25. The first-order chi connectivity index (χ1) is 9.53. The third kappa shape index (κ3) is 3.88. The number of methoxy groups -OCH3 is 2. The Bertz CT molecular complexity index is 488. The Balaban J connectivity index is 3.14. The second-order valence-corrected chi connectivity index (χ2v) is 4.13. The molecule has 0 aromatic heterocycles. The number of rotatable bonds is 6. The first-order valence-corrected chi connectivity index (χ1v) is 6.29. The average molecular weight is 280 g/mol. The fourth-order valence-corrected chi connectivity index (χ4v) is 1.86. The summed E-state index contributed by atoms with van der Waals surface area (Å²) in [5.74, 6) is 0.00347. The molecular formula is C14H20N2O4. The molecular weight excluding hydrogens is 260 g/mol. The van der Waals surface area contributed by atoms with Gasteiger partial charge >= 0.3 is 5.97 Å². The Labute approximate surface area is 118 Å². The molecule has 0 atom stereocenters. The van der Waals surface area contributed by atoms with Gasteiger partial charge in [-0.15, -0.1) is 0 Å². The van der Waals surface area contributed by atoms with Gasteiger partial charge < -0.3 is 19.7 Å². The Morgan fingerprint density at radius 3 is 2.50 bits per heavy atom. The van der Waals surface area contributed by atoms with Crippen molar-refractivity contribution in [1.82, 2.24) is 0 Å². The second kappa shape index (κ2) is 7.37. The van der Waals surface area contributed by atoms with Crippen LogP contribution in [0.1, 0.15) is 13.8 Å². The molecule has 110 valence electrons. The minimum Gasteiger partial charge on any atom is -0.492 e. The third-order valence-electron chi connectivity index (χ3n) is 2.78. The van der Waals surface area contributed by atoms with Gasteiger partial charge in [0, 0.05) is 13.5 Å². The van der Waals surface area contributed by atoms with Crippen molar-refractivity contribution in [1.29, 1.82) is 0 Å². The van der Waals surface area contributed by atoms with Gasteiger partial charge in [0.2, 0.25) is 5.91 Å². The lowest BCUT2D eigenvalue weighted by molar-refractivity contribution is -0.139. The van der Waals surface area contributed by atoms with E-state index in [4.69, 9.17) is 4.74 Å². The largest absolute Gasteiger partial charge is 0.492 e. The van der Waals surface area contributed by atoms with Crippen LogP contribution in [0, 0.1) is 0 Å². The number of carbonyl (C=O) groups is 2. The molecule has 0 spiro atoms. The summed E-state index contributed by atoms with van der Waals surface area (Å²) in [4.78, 5) is 24.5. The Morgan fingerprint density at radius 2 is 2.00 bits per heavy atom. The maximum atomic E-state index is 11.4. The number of ether oxygens (including phenoxy) is 2. The molecule has 1 aromatic carbocycles. The van der Waals surface area contributed by atoms with Crippen molar-refractivity contribution in [3.05, 3.63) is 18.2 Å². The molecule has 0 aliphatic rings. The number of nitrogens with zero attached hydrogens (tertiary/aromatic N) is 1. The van der Waals surface area contributed by atoms with Gasteiger partial charge in [-0.2, -0.15) is 0 Å². The predicted octanol–water partition coefficient (Wildman–Crippen LogP) is 1.65. The van der Waals surface area contributed by atoms with Crippen LogP contribution in [0.3, 0.4) is 0 Å². The molecule has 1 amide bonds. The quantitative estimate of drug-likeness (QED) is 0.803. The van der Waals surface area contributed by atoms with Crippen LogP contribution in [0.4, 0.5) is 11.4 Å². The molecule has 0 unspecified atom stereocenters. The second-order valence-electron chi connectivity index (χ2n) is 4.13. The molecule has 0 saturated heterocycles. The normalized spacial score (nSPS) is 9.80. The van der Waals surface area contributed by atoms with Crippen LogP contribution in [0.25, 0.3) is 0 Å². The molecule has 1 N–H and O–H groups in total. The molecule has 20 heavy (non-hydrogen) atoms. The van der Waals surface area contributed by atoms with E-state index < -0.39 is 0 Å². The number of benzene rings is 1. The van der Waals surface area contributed by atoms with Gasteiger partial charge in [-0.25, -0.2) is 0 Å². The summed E-state index contributed by atoms with van der Waals surface area (Å²) in [5, 5.41) is 2.70. The molecule has 6 heteroatoms. The first kappa shape index (κ1) is 15.8. The van der Waals surface area contributed by atoms with Crippen molar-refractivity contribution in [2.24, 2.45) is 0 Å². The first-order valence-electron chi connectivity index (χ1n) is 6.29. The maximum absolute atomic E-state index is 11.4. The zero-order valence-corrected chi connectivity index (χ0v) is 12.2. The van der Waals surface area contributed by atoms with E-state index in [2.05, 4.69) is 10.1 Å². The van der Waals surface area contributed by atoms with Gasteiger partial charge in [0.05, 0.1) is 25.6 Å². The predicted molar refractivity (Wildman–Crippen MR) is 77.2 cm³/mol. The fraction of sp³-hybridized carbons (Fsp3) is 0.429. The molecule has 0 saturated carbocycles. The van der Waals surface area contributed by atoms with E-state index in [9.17, 15) is 9.59 Å². The van der Waals surface area contributed by atoms with Crippen molar-refractivity contribution in [3.63, 3.8) is 0 Å². The van der Waals surface area contributed by atoms with E-state index >= 15 is 0 Å². The molecule has 0 bridgehead atoms. The molecule has 0 aliphatic heterocycles. The molecule has 0 aliphatic carbocycles. The van der Waals surface area contributed by atoms with Crippen LogP contribution < -0.4 is 15.0 Å². The lowest BCUT2D eigenvalue weighted by atomic mass is 10.2. The molecule has 1 aromatic rings. The van der Waals surface area contributed by atoms with Gasteiger partial charge in [-0.05, 0) is 19.1 Å². The van der Waals surface area contributed by atoms with E-state index in [1.165, 1.54) is 21.1 Å². The van der Waals surface area contributed by atoms with Crippen LogP contribution in [-0.2, 0) is 14.3 Å². The fourth-order valence-electron chi connectivity index (χ4n) is 1.86. The zero-order chi connectivity index (χ0) is 15.1. The Hall–Kier alpha value is -2.24. The third-order valence-corrected chi connectivity index (χ3v) is 2.78. The van der Waals surface area contributed by atoms with Crippen LogP contribution >= 0.6 is 0 Å². The lowest BCUT2D eigenvalue weighted by Crippen LogP contribution is -2.30. The number of amides is 1. The van der Waals surface area contributed by atoms with Gasteiger partial charge in [0.15, 0.2) is 5.75 Å². The molecule has 0 radical (unpaired) electrons. The van der Waals surface area contributed by atoms with E-state index in [0.717, 1.165) is 5.69 Å². The average Bonchev–Trinajstić information content (AvgIpc) is 2.43. The number of anilines is 2. The number of para-hydroxylation sites is 1. The van der Waals surface area contributed by atoms with E-state index in [0.29, 0.717) is 18.0 Å². The van der Waals surface area contributed by atoms with Gasteiger partial charge in [-0.1, -0.05) is 6.07 Å². The Kier molecular flexibility index (Phi) is 5.83. The molecule has 1 rings (SSSR count). The number of hydrogen-bond acceptors (Lipinski definition) is 5. The topological polar surface area (TPSA) is 67.9 Å². The SMILES string of the molecule is CCN(CC(=O)OC)c1cccc(NC(C)=O)c1OC. The van der Waals surface area contributed by atoms with Crippen molar-refractivity contribution in [2.45, 2.75) is 13.8 Å². The highest BCUT2D eigenvalue weighted by atomic mass is 16.5. The summed E-state index contributed by atoms with van der Waals surface area (Å²) < 4.78 is 10.0. The van der Waals surface area contributed by atoms with Crippen LogP contribution in [0.5, 0.6) is 5.75 Å². The summed E-state index contributed by atoms with van der Waals surface area (Å²) in [5.41, 5.74) is 1.30. The Morgan fingerprint density at radius 1 is 1.30 bits per heavy atom. The monoisotopic (exact) mass is 280 g/mol. The van der Waals surface area contributed by atoms with Crippen molar-refractivity contribution >= 4 is 23.3 Å². The minimum absolute atomic E-state index is 0.118. The highest BCUT2D eigenvalue weighted by molar-refractivity contribution is 5.92. The van der Waals surface area contributed by atoms with Gasteiger partial charge in [0.1, 0.15) is 6.54 Å². The van der Waals surface area contributed by atoms with E-state index in [1.807, 2.05) is 17.9 Å². The van der Waals surface area contributed by atoms with E-state index in [-0.39, 0.29) is 18.4 Å². The summed E-state index contributed by atoms with van der Waals surface area (Å²) in [6.07, 6.45) is 0. The number of carbonyl (C=O) groups excluding carboxylic acids is 2.